The summed E-state index contributed by atoms with van der Waals surface area (Å²) in [5, 5.41) is 1.16. The van der Waals surface area contributed by atoms with Crippen LogP contribution in [-0.2, 0) is 22.4 Å². The average Bonchev–Trinajstić information content (AvgIpc) is 3.27. The highest BCUT2D eigenvalue weighted by molar-refractivity contribution is 5.84. The van der Waals surface area contributed by atoms with Crippen molar-refractivity contribution in [2.45, 2.75) is 45.4 Å². The molecule has 0 bridgehead atoms. The van der Waals surface area contributed by atoms with Gasteiger partial charge in [-0.1, -0.05) is 0 Å². The molecule has 1 aliphatic rings. The molecule has 1 aliphatic heterocycles. The summed E-state index contributed by atoms with van der Waals surface area (Å²) < 4.78 is 22.7. The molecule has 2 atom stereocenters. The van der Waals surface area contributed by atoms with Crippen LogP contribution in [-0.4, -0.2) is 56.4 Å². The average molecular weight is 467 g/mol. The molecule has 4 rings (SSSR count). The second-order valence-electron chi connectivity index (χ2n) is 8.38. The monoisotopic (exact) mass is 466 g/mol. The summed E-state index contributed by atoms with van der Waals surface area (Å²) in [6.07, 6.45) is 4.87. The van der Waals surface area contributed by atoms with Crippen molar-refractivity contribution < 1.29 is 23.7 Å². The molecule has 182 valence electrons. The van der Waals surface area contributed by atoms with Crippen LogP contribution in [0.2, 0.25) is 0 Å². The number of aromatic nitrogens is 1. The summed E-state index contributed by atoms with van der Waals surface area (Å²) in [5.74, 6) is 2.31. The molecule has 2 aromatic carbocycles. The Labute approximate surface area is 200 Å². The zero-order valence-electron chi connectivity index (χ0n) is 20.4. The molecule has 3 aromatic rings. The maximum absolute atomic E-state index is 12.0. The number of carbonyl (C=O) groups is 1. The Hall–Kier alpha value is -3.03. The number of methoxy groups -OCH3 is 2. The fourth-order valence-electron chi connectivity index (χ4n) is 4.95. The number of H-pyrrole nitrogens is 1. The number of aromatic amines is 1. The van der Waals surface area contributed by atoms with Gasteiger partial charge in [-0.2, -0.15) is 0 Å². The lowest BCUT2D eigenvalue weighted by atomic mass is 9.88. The minimum Gasteiger partial charge on any atom is -0.497 e. The first kappa shape index (κ1) is 24.1. The predicted molar refractivity (Wildman–Crippen MR) is 132 cm³/mol. The van der Waals surface area contributed by atoms with Crippen LogP contribution >= 0.6 is 0 Å². The van der Waals surface area contributed by atoms with Gasteiger partial charge in [0, 0.05) is 36.3 Å². The van der Waals surface area contributed by atoms with Crippen LogP contribution in [0.4, 0.5) is 0 Å². The van der Waals surface area contributed by atoms with Gasteiger partial charge in [0.2, 0.25) is 0 Å². The molecule has 1 unspecified atom stereocenters. The Morgan fingerprint density at radius 3 is 2.68 bits per heavy atom. The van der Waals surface area contributed by atoms with Crippen LogP contribution < -0.4 is 14.2 Å². The first-order valence-electron chi connectivity index (χ1n) is 11.9. The molecule has 0 fully saturated rings. The topological polar surface area (TPSA) is 73.0 Å². The maximum Gasteiger partial charge on any atom is 0.167 e. The van der Waals surface area contributed by atoms with Crippen LogP contribution in [0.15, 0.2) is 36.5 Å². The molecule has 34 heavy (non-hydrogen) atoms. The van der Waals surface area contributed by atoms with Crippen LogP contribution in [0.5, 0.6) is 17.2 Å². The van der Waals surface area contributed by atoms with E-state index >= 15 is 0 Å². The van der Waals surface area contributed by atoms with Gasteiger partial charge in [0.1, 0.15) is 5.75 Å². The minimum absolute atomic E-state index is 0.00571. The number of hydrogen-bond acceptors (Lipinski definition) is 6. The van der Waals surface area contributed by atoms with Crippen molar-refractivity contribution in [3.8, 4) is 17.2 Å². The van der Waals surface area contributed by atoms with Crippen molar-refractivity contribution in [1.29, 1.82) is 0 Å². The van der Waals surface area contributed by atoms with E-state index in [2.05, 4.69) is 34.3 Å². The van der Waals surface area contributed by atoms with Gasteiger partial charge in [0.15, 0.2) is 24.0 Å². The summed E-state index contributed by atoms with van der Waals surface area (Å²) in [6, 6.07) is 10.2. The predicted octanol–water partition coefficient (Wildman–Crippen LogP) is 4.68. The summed E-state index contributed by atoms with van der Waals surface area (Å²) in [5.41, 5.74) is 4.70. The number of aryl methyl sites for hydroxylation is 1. The van der Waals surface area contributed by atoms with Crippen LogP contribution in [0.3, 0.4) is 0 Å². The summed E-state index contributed by atoms with van der Waals surface area (Å²) in [6.45, 7) is 5.65. The van der Waals surface area contributed by atoms with Crippen molar-refractivity contribution in [3.63, 3.8) is 0 Å². The highest BCUT2D eigenvalue weighted by Gasteiger charge is 2.33. The smallest absolute Gasteiger partial charge is 0.167 e. The van der Waals surface area contributed by atoms with Crippen molar-refractivity contribution in [3.05, 3.63) is 53.2 Å². The molecule has 0 saturated carbocycles. The maximum atomic E-state index is 12.0. The van der Waals surface area contributed by atoms with Gasteiger partial charge < -0.3 is 23.9 Å². The highest BCUT2D eigenvalue weighted by Crippen LogP contribution is 2.41. The molecule has 1 N–H and O–H groups in total. The third-order valence-corrected chi connectivity index (χ3v) is 6.57. The largest absolute Gasteiger partial charge is 0.497 e. The highest BCUT2D eigenvalue weighted by atomic mass is 16.5. The van der Waals surface area contributed by atoms with E-state index < -0.39 is 6.23 Å². The van der Waals surface area contributed by atoms with Crippen molar-refractivity contribution in [1.82, 2.24) is 9.88 Å². The molecular formula is C27H34N2O5. The van der Waals surface area contributed by atoms with Gasteiger partial charge in [-0.25, -0.2) is 0 Å². The van der Waals surface area contributed by atoms with Crippen LogP contribution in [0, 0.1) is 0 Å². The Bertz CT molecular complexity index is 1130. The third-order valence-electron chi connectivity index (χ3n) is 6.57. The fourth-order valence-corrected chi connectivity index (χ4v) is 4.95. The molecular weight excluding hydrogens is 432 g/mol. The van der Waals surface area contributed by atoms with Crippen molar-refractivity contribution in [2.75, 3.05) is 34.0 Å². The first-order chi connectivity index (χ1) is 16.6. The summed E-state index contributed by atoms with van der Waals surface area (Å²) in [4.78, 5) is 17.5. The number of ether oxygens (including phenoxy) is 4. The minimum atomic E-state index is -0.580. The Balaban J connectivity index is 1.70. The van der Waals surface area contributed by atoms with Crippen LogP contribution in [0.1, 0.15) is 43.0 Å². The molecule has 0 spiro atoms. The number of benzene rings is 2. The second kappa shape index (κ2) is 10.9. The Kier molecular flexibility index (Phi) is 7.75. The molecule has 7 heteroatoms. The van der Waals surface area contributed by atoms with E-state index in [9.17, 15) is 4.79 Å². The lowest BCUT2D eigenvalue weighted by Crippen LogP contribution is -2.45. The van der Waals surface area contributed by atoms with E-state index in [0.29, 0.717) is 13.2 Å². The van der Waals surface area contributed by atoms with E-state index in [4.69, 9.17) is 18.9 Å². The number of fused-ring (bicyclic) bond motifs is 2. The zero-order chi connectivity index (χ0) is 24.1. The molecule has 0 amide bonds. The van der Waals surface area contributed by atoms with E-state index in [1.807, 2.05) is 26.0 Å². The van der Waals surface area contributed by atoms with Gasteiger partial charge in [-0.3, -0.25) is 9.69 Å². The van der Waals surface area contributed by atoms with E-state index in [1.165, 1.54) is 16.7 Å². The molecule has 7 nitrogen and oxygen atoms in total. The molecule has 0 radical (unpaired) electrons. The fraction of sp³-hybridized carbons (Fsp3) is 0.444. The number of rotatable bonds is 11. The number of nitrogens with one attached hydrogen (secondary N) is 1. The molecule has 2 heterocycles. The van der Waals surface area contributed by atoms with Gasteiger partial charge >= 0.3 is 0 Å². The SMILES string of the molecule is CCOc1cc2c(cc1OC)CCN(C(C=O)OCC)[C@H]2CCc1c[nH]c2ccc(OC)cc12. The number of carbonyl (C=O) groups excluding carboxylic acids is 1. The lowest BCUT2D eigenvalue weighted by molar-refractivity contribution is -0.135. The first-order valence-corrected chi connectivity index (χ1v) is 11.9. The van der Waals surface area contributed by atoms with Gasteiger partial charge in [-0.05, 0) is 80.1 Å². The van der Waals surface area contributed by atoms with Gasteiger partial charge in [0.25, 0.3) is 0 Å². The van der Waals surface area contributed by atoms with Crippen molar-refractivity contribution in [2.24, 2.45) is 0 Å². The van der Waals surface area contributed by atoms with Crippen molar-refractivity contribution >= 4 is 17.2 Å². The molecule has 0 saturated heterocycles. The van der Waals surface area contributed by atoms with E-state index in [-0.39, 0.29) is 6.04 Å². The zero-order valence-corrected chi connectivity index (χ0v) is 20.4. The second-order valence-corrected chi connectivity index (χ2v) is 8.38. The van der Waals surface area contributed by atoms with Gasteiger partial charge in [-0.15, -0.1) is 0 Å². The summed E-state index contributed by atoms with van der Waals surface area (Å²) in [7, 11) is 3.35. The number of hydrogen-bond donors (Lipinski definition) is 1. The Morgan fingerprint density at radius 2 is 1.97 bits per heavy atom. The molecule has 0 aliphatic carbocycles. The Morgan fingerprint density at radius 1 is 1.12 bits per heavy atom. The van der Waals surface area contributed by atoms with Crippen LogP contribution in [0.25, 0.3) is 10.9 Å². The van der Waals surface area contributed by atoms with Gasteiger partial charge in [0.05, 0.1) is 20.8 Å². The number of aldehydes is 1. The standard InChI is InChI=1S/C27H34N2O5/c1-5-33-26-15-22-18(13-25(26)32-4)11-12-29(27(17-30)34-6-2)24(22)10-7-19-16-28-23-9-8-20(31-3)14-21(19)23/h8-9,13-17,24,27-28H,5-7,10-12H2,1-4H3/t24-,27?/m0/s1. The lowest BCUT2D eigenvalue weighted by Gasteiger charge is -2.40. The summed E-state index contributed by atoms with van der Waals surface area (Å²) >= 11 is 0. The molecule has 1 aromatic heterocycles. The quantitative estimate of drug-likeness (QED) is 0.414. The van der Waals surface area contributed by atoms with E-state index in [0.717, 1.165) is 60.2 Å². The normalized spacial score (nSPS) is 16.8. The van der Waals surface area contributed by atoms with E-state index in [1.54, 1.807) is 14.2 Å². The third kappa shape index (κ3) is 4.76. The number of nitrogens with zero attached hydrogens (tertiary/aromatic N) is 1.